The first-order chi connectivity index (χ1) is 13.8. The van der Waals surface area contributed by atoms with Crippen LogP contribution in [0.15, 0.2) is 18.3 Å². The second-order valence-electron chi connectivity index (χ2n) is 6.80. The Labute approximate surface area is 176 Å². The van der Waals surface area contributed by atoms with Crippen molar-refractivity contribution in [2.24, 2.45) is 0 Å². The van der Waals surface area contributed by atoms with Crippen molar-refractivity contribution in [3.63, 3.8) is 0 Å². The lowest BCUT2D eigenvalue weighted by atomic mass is 10.0. The van der Waals surface area contributed by atoms with Crippen LogP contribution in [0.1, 0.15) is 59.2 Å². The Morgan fingerprint density at radius 2 is 1.83 bits per heavy atom. The highest BCUT2D eigenvalue weighted by Gasteiger charge is 2.23. The van der Waals surface area contributed by atoms with Crippen LogP contribution in [-0.2, 0) is 12.8 Å². The molecule has 0 aliphatic carbocycles. The molecular weight excluding hydrogens is 390 g/mol. The number of aryl methyl sites for hydroxylation is 1. The lowest BCUT2D eigenvalue weighted by Gasteiger charge is -2.17. The number of halogens is 1. The van der Waals surface area contributed by atoms with E-state index in [4.69, 9.17) is 11.6 Å². The van der Waals surface area contributed by atoms with E-state index < -0.39 is 11.8 Å². The molecule has 0 bridgehead atoms. The Bertz CT molecular complexity index is 899. The normalized spacial score (nSPS) is 10.6. The Hall–Kier alpha value is -2.67. The largest absolute Gasteiger partial charge is 0.351 e. The van der Waals surface area contributed by atoms with Crippen LogP contribution >= 0.6 is 11.6 Å². The molecule has 2 N–H and O–H groups in total. The van der Waals surface area contributed by atoms with E-state index >= 15 is 0 Å². The third-order valence-electron chi connectivity index (χ3n) is 4.49. The molecule has 1 aromatic heterocycles. The first-order valence-electron chi connectivity index (χ1n) is 9.78. The molecule has 29 heavy (non-hydrogen) atoms. The van der Waals surface area contributed by atoms with Gasteiger partial charge in [-0.05, 0) is 36.5 Å². The molecule has 0 saturated heterocycles. The minimum atomic E-state index is -0.441. The lowest BCUT2D eigenvalue weighted by Crippen LogP contribution is -2.30. The van der Waals surface area contributed by atoms with Crippen LogP contribution in [0.4, 0.5) is 11.6 Å². The Morgan fingerprint density at radius 1 is 1.10 bits per heavy atom. The molecule has 0 atom stereocenters. The number of carbonyl (C=O) groups excluding carboxylic acids is 2. The Morgan fingerprint density at radius 3 is 2.41 bits per heavy atom. The molecule has 0 aliphatic heterocycles. The number of aromatic nitrogens is 2. The molecule has 8 heteroatoms. The van der Waals surface area contributed by atoms with Gasteiger partial charge in [-0.1, -0.05) is 38.4 Å². The molecule has 2 aromatic rings. The summed E-state index contributed by atoms with van der Waals surface area (Å²) in [5.74, 6) is -0.488. The highest BCUT2D eigenvalue weighted by Crippen LogP contribution is 2.30. The van der Waals surface area contributed by atoms with Crippen LogP contribution in [0.3, 0.4) is 0 Å². The Kier molecular flexibility index (Phi) is 7.96. The minimum absolute atomic E-state index is 0.0489. The third kappa shape index (κ3) is 5.23. The summed E-state index contributed by atoms with van der Waals surface area (Å²) in [6, 6.07) is 3.74. The average molecular weight is 418 g/mol. The van der Waals surface area contributed by atoms with Gasteiger partial charge in [0.05, 0.1) is 5.56 Å². The van der Waals surface area contributed by atoms with Gasteiger partial charge < -0.3 is 15.5 Å². The van der Waals surface area contributed by atoms with Gasteiger partial charge in [-0.15, -0.1) is 0 Å². The summed E-state index contributed by atoms with van der Waals surface area (Å²) in [6.07, 6.45) is 3.57. The summed E-state index contributed by atoms with van der Waals surface area (Å²) in [7, 11) is 3.55. The molecule has 2 rings (SSSR count). The van der Waals surface area contributed by atoms with Gasteiger partial charge in [0.15, 0.2) is 0 Å². The van der Waals surface area contributed by atoms with E-state index in [1.807, 2.05) is 32.9 Å². The van der Waals surface area contributed by atoms with Crippen LogP contribution in [0.2, 0.25) is 5.02 Å². The van der Waals surface area contributed by atoms with Gasteiger partial charge in [-0.3, -0.25) is 9.59 Å². The fourth-order valence-electron chi connectivity index (χ4n) is 2.90. The molecule has 0 saturated carbocycles. The topological polar surface area (TPSA) is 87.2 Å². The second kappa shape index (κ2) is 10.2. The number of amides is 2. The fourth-order valence-corrected chi connectivity index (χ4v) is 3.19. The van der Waals surface area contributed by atoms with Crippen LogP contribution in [0.25, 0.3) is 0 Å². The van der Waals surface area contributed by atoms with Crippen molar-refractivity contribution in [2.75, 3.05) is 30.9 Å². The van der Waals surface area contributed by atoms with Gasteiger partial charge in [-0.25, -0.2) is 9.97 Å². The van der Waals surface area contributed by atoms with Crippen molar-refractivity contribution >= 4 is 35.1 Å². The van der Waals surface area contributed by atoms with Crippen LogP contribution in [0, 0.1) is 0 Å². The second-order valence-corrected chi connectivity index (χ2v) is 7.21. The molecule has 0 spiro atoms. The quantitative estimate of drug-likeness (QED) is 0.683. The van der Waals surface area contributed by atoms with Gasteiger partial charge in [0.25, 0.3) is 11.8 Å². The molecule has 7 nitrogen and oxygen atoms in total. The predicted octanol–water partition coefficient (Wildman–Crippen LogP) is 3.71. The smallest absolute Gasteiger partial charge is 0.270 e. The standard InChI is InChI=1S/C21H28ClN5O2/c1-6-11-23-20(29)18-15(12-24-21(26-18)27(4)5)19(28)25-17-13(7-2)9-10-16(22)14(17)8-3/h9-10,12H,6-8,11H2,1-5H3,(H,23,29)(H,25,28). The molecule has 1 aromatic carbocycles. The number of nitrogens with zero attached hydrogens (tertiary/aromatic N) is 3. The van der Waals surface area contributed by atoms with Crippen LogP contribution in [0.5, 0.6) is 0 Å². The first kappa shape index (κ1) is 22.6. The minimum Gasteiger partial charge on any atom is -0.351 e. The SMILES string of the molecule is CCCNC(=O)c1nc(N(C)C)ncc1C(=O)Nc1c(CC)ccc(Cl)c1CC. The average Bonchev–Trinajstić information content (AvgIpc) is 2.71. The number of hydrogen-bond donors (Lipinski definition) is 2. The number of carbonyl (C=O) groups is 2. The highest BCUT2D eigenvalue weighted by molar-refractivity contribution is 6.32. The molecule has 2 amide bonds. The summed E-state index contributed by atoms with van der Waals surface area (Å²) in [5.41, 5.74) is 2.69. The molecule has 0 aliphatic rings. The summed E-state index contributed by atoms with van der Waals surface area (Å²) in [5, 5.41) is 6.32. The maximum absolute atomic E-state index is 13.1. The van der Waals surface area contributed by atoms with Crippen molar-refractivity contribution in [2.45, 2.75) is 40.0 Å². The van der Waals surface area contributed by atoms with E-state index in [2.05, 4.69) is 20.6 Å². The van der Waals surface area contributed by atoms with Gasteiger partial charge in [0.1, 0.15) is 5.69 Å². The summed E-state index contributed by atoms with van der Waals surface area (Å²) < 4.78 is 0. The van der Waals surface area contributed by atoms with Crippen LogP contribution < -0.4 is 15.5 Å². The molecule has 156 valence electrons. The molecule has 0 unspecified atom stereocenters. The number of hydrogen-bond acceptors (Lipinski definition) is 5. The van der Waals surface area contributed by atoms with E-state index in [9.17, 15) is 9.59 Å². The van der Waals surface area contributed by atoms with E-state index in [1.165, 1.54) is 6.20 Å². The van der Waals surface area contributed by atoms with Crippen molar-refractivity contribution in [3.05, 3.63) is 45.7 Å². The van der Waals surface area contributed by atoms with Crippen LogP contribution in [-0.4, -0.2) is 42.4 Å². The van der Waals surface area contributed by atoms with Crippen molar-refractivity contribution < 1.29 is 9.59 Å². The van der Waals surface area contributed by atoms with Gasteiger partial charge in [0, 0.05) is 37.5 Å². The zero-order chi connectivity index (χ0) is 21.6. The number of anilines is 2. The van der Waals surface area contributed by atoms with E-state index in [0.717, 1.165) is 24.0 Å². The zero-order valence-corrected chi connectivity index (χ0v) is 18.4. The molecule has 0 fully saturated rings. The molecule has 0 radical (unpaired) electrons. The zero-order valence-electron chi connectivity index (χ0n) is 17.6. The lowest BCUT2D eigenvalue weighted by molar-refractivity contribution is 0.0935. The molecule has 1 heterocycles. The summed E-state index contributed by atoms with van der Waals surface area (Å²) in [6.45, 7) is 6.44. The summed E-state index contributed by atoms with van der Waals surface area (Å²) >= 11 is 6.34. The Balaban J connectivity index is 2.48. The van der Waals surface area contributed by atoms with Crippen molar-refractivity contribution in [3.8, 4) is 0 Å². The predicted molar refractivity (Wildman–Crippen MR) is 117 cm³/mol. The maximum atomic E-state index is 13.1. The highest BCUT2D eigenvalue weighted by atomic mass is 35.5. The maximum Gasteiger partial charge on any atom is 0.270 e. The van der Waals surface area contributed by atoms with E-state index in [0.29, 0.717) is 29.6 Å². The number of nitrogens with one attached hydrogen (secondary N) is 2. The monoisotopic (exact) mass is 417 g/mol. The van der Waals surface area contributed by atoms with Crippen molar-refractivity contribution in [1.29, 1.82) is 0 Å². The fraction of sp³-hybridized carbons (Fsp3) is 0.429. The van der Waals surface area contributed by atoms with E-state index in [1.54, 1.807) is 19.0 Å². The first-order valence-corrected chi connectivity index (χ1v) is 10.2. The number of rotatable bonds is 8. The van der Waals surface area contributed by atoms with Gasteiger partial charge in [0.2, 0.25) is 5.95 Å². The molecular formula is C21H28ClN5O2. The summed E-state index contributed by atoms with van der Waals surface area (Å²) in [4.78, 5) is 36.0. The number of benzene rings is 1. The third-order valence-corrected chi connectivity index (χ3v) is 4.84. The van der Waals surface area contributed by atoms with Gasteiger partial charge in [-0.2, -0.15) is 0 Å². The van der Waals surface area contributed by atoms with Crippen molar-refractivity contribution in [1.82, 2.24) is 15.3 Å². The van der Waals surface area contributed by atoms with Gasteiger partial charge >= 0.3 is 0 Å². The van der Waals surface area contributed by atoms with E-state index in [-0.39, 0.29) is 11.3 Å².